The van der Waals surface area contributed by atoms with Crippen LogP contribution in [0.4, 0.5) is 4.39 Å². The highest BCUT2D eigenvalue weighted by Crippen LogP contribution is 2.36. The van der Waals surface area contributed by atoms with E-state index in [0.717, 1.165) is 40.5 Å². The average molecular weight is 493 g/mol. The number of rotatable bonds is 6. The van der Waals surface area contributed by atoms with Gasteiger partial charge in [-0.15, -0.1) is 0 Å². The lowest BCUT2D eigenvalue weighted by atomic mass is 9.74. The molecule has 0 radical (unpaired) electrons. The van der Waals surface area contributed by atoms with Crippen molar-refractivity contribution in [1.82, 2.24) is 9.88 Å². The summed E-state index contributed by atoms with van der Waals surface area (Å²) in [4.78, 5) is 31.1. The fourth-order valence-corrected chi connectivity index (χ4v) is 5.21. The van der Waals surface area contributed by atoms with Gasteiger partial charge in [0.1, 0.15) is 11.6 Å². The van der Waals surface area contributed by atoms with E-state index in [-0.39, 0.29) is 17.6 Å². The highest BCUT2D eigenvalue weighted by molar-refractivity contribution is 5.96. The molecule has 1 N–H and O–H groups in total. The fraction of sp³-hybridized carbons (Fsp3) is 0.414. The monoisotopic (exact) mass is 492 g/mol. The van der Waals surface area contributed by atoms with E-state index < -0.39 is 17.5 Å². The van der Waals surface area contributed by atoms with Crippen molar-refractivity contribution in [2.75, 3.05) is 13.1 Å². The number of likely N-dealkylation sites (tertiary alicyclic amines) is 1. The van der Waals surface area contributed by atoms with Crippen LogP contribution in [0, 0.1) is 31.0 Å². The van der Waals surface area contributed by atoms with E-state index in [4.69, 9.17) is 4.74 Å². The predicted molar refractivity (Wildman–Crippen MR) is 137 cm³/mol. The average Bonchev–Trinajstić information content (AvgIpc) is 2.83. The standard InChI is InChI=1S/C29H33FN2O4/c1-17-13-21(30)14-18(2)26(17)24-10-11-31-25-15-22(8-9-23(24)25)36-19(3)27(33)32-12-6-7-20(16-32)29(4,5)28(34)35/h8-11,13-15,19-20H,6-7,12,16H2,1-5H3,(H,34,35). The number of piperidine rings is 1. The maximum atomic E-state index is 13.8. The van der Waals surface area contributed by atoms with Crippen LogP contribution in [-0.2, 0) is 9.59 Å². The first-order valence-electron chi connectivity index (χ1n) is 12.3. The molecule has 1 aromatic heterocycles. The molecule has 0 bridgehead atoms. The largest absolute Gasteiger partial charge is 0.481 e. The molecule has 190 valence electrons. The van der Waals surface area contributed by atoms with Crippen molar-refractivity contribution in [1.29, 1.82) is 0 Å². The van der Waals surface area contributed by atoms with Crippen LogP contribution in [0.2, 0.25) is 0 Å². The highest BCUT2D eigenvalue weighted by Gasteiger charge is 2.40. The van der Waals surface area contributed by atoms with Crippen molar-refractivity contribution in [3.63, 3.8) is 0 Å². The Balaban J connectivity index is 1.54. The van der Waals surface area contributed by atoms with Crippen LogP contribution in [0.15, 0.2) is 42.6 Å². The normalized spacial score (nSPS) is 17.2. The van der Waals surface area contributed by atoms with Gasteiger partial charge in [-0.05, 0) is 106 Å². The van der Waals surface area contributed by atoms with Crippen LogP contribution in [0.5, 0.6) is 5.75 Å². The Morgan fingerprint density at radius 1 is 1.17 bits per heavy atom. The second-order valence-electron chi connectivity index (χ2n) is 10.4. The number of fused-ring (bicyclic) bond motifs is 1. The Labute approximate surface area is 211 Å². The number of amides is 1. The van der Waals surface area contributed by atoms with Gasteiger partial charge in [-0.2, -0.15) is 0 Å². The summed E-state index contributed by atoms with van der Waals surface area (Å²) < 4.78 is 19.9. The third-order valence-electron chi connectivity index (χ3n) is 7.45. The summed E-state index contributed by atoms with van der Waals surface area (Å²) in [6, 6.07) is 10.5. The van der Waals surface area contributed by atoms with Gasteiger partial charge in [0, 0.05) is 30.7 Å². The number of nitrogens with zero attached hydrogens (tertiary/aromatic N) is 2. The van der Waals surface area contributed by atoms with E-state index in [1.165, 1.54) is 12.1 Å². The molecule has 1 saturated heterocycles. The number of ether oxygens (including phenoxy) is 1. The van der Waals surface area contributed by atoms with Crippen LogP contribution in [0.3, 0.4) is 0 Å². The zero-order chi connectivity index (χ0) is 26.2. The van der Waals surface area contributed by atoms with Gasteiger partial charge in [-0.3, -0.25) is 14.6 Å². The molecular formula is C29H33FN2O4. The number of carbonyl (C=O) groups excluding carboxylic acids is 1. The van der Waals surface area contributed by atoms with Gasteiger partial charge in [-0.1, -0.05) is 0 Å². The fourth-order valence-electron chi connectivity index (χ4n) is 5.21. The van der Waals surface area contributed by atoms with Crippen molar-refractivity contribution < 1.29 is 23.8 Å². The lowest BCUT2D eigenvalue weighted by Crippen LogP contribution is -2.50. The van der Waals surface area contributed by atoms with Crippen molar-refractivity contribution in [2.24, 2.45) is 11.3 Å². The van der Waals surface area contributed by atoms with E-state index in [9.17, 15) is 19.1 Å². The Morgan fingerprint density at radius 3 is 2.53 bits per heavy atom. The van der Waals surface area contributed by atoms with Crippen LogP contribution >= 0.6 is 0 Å². The molecule has 2 unspecified atom stereocenters. The van der Waals surface area contributed by atoms with Gasteiger partial charge >= 0.3 is 5.97 Å². The van der Waals surface area contributed by atoms with Gasteiger partial charge in [0.05, 0.1) is 10.9 Å². The molecule has 3 aromatic rings. The number of aliphatic carboxylic acids is 1. The second kappa shape index (κ2) is 9.88. The molecule has 1 fully saturated rings. The molecule has 0 spiro atoms. The summed E-state index contributed by atoms with van der Waals surface area (Å²) in [5, 5.41) is 10.5. The predicted octanol–water partition coefficient (Wildman–Crippen LogP) is 5.77. The van der Waals surface area contributed by atoms with Gasteiger partial charge in [0.15, 0.2) is 6.10 Å². The van der Waals surface area contributed by atoms with E-state index in [0.29, 0.717) is 24.4 Å². The minimum atomic E-state index is -0.897. The lowest BCUT2D eigenvalue weighted by Gasteiger charge is -2.40. The summed E-state index contributed by atoms with van der Waals surface area (Å²) in [6.07, 6.45) is 2.55. The summed E-state index contributed by atoms with van der Waals surface area (Å²) in [5.74, 6) is -0.838. The first kappa shape index (κ1) is 25.6. The highest BCUT2D eigenvalue weighted by atomic mass is 19.1. The van der Waals surface area contributed by atoms with E-state index in [1.54, 1.807) is 31.9 Å². The van der Waals surface area contributed by atoms with Gasteiger partial charge < -0.3 is 14.7 Å². The molecule has 2 heterocycles. The first-order valence-corrected chi connectivity index (χ1v) is 12.3. The lowest BCUT2D eigenvalue weighted by molar-refractivity contribution is -0.154. The molecule has 2 aromatic carbocycles. The van der Waals surface area contributed by atoms with Crippen molar-refractivity contribution in [2.45, 2.75) is 53.6 Å². The third-order valence-corrected chi connectivity index (χ3v) is 7.45. The molecule has 1 amide bonds. The number of benzene rings is 2. The summed E-state index contributed by atoms with van der Waals surface area (Å²) in [6.45, 7) is 9.95. The molecule has 1 aliphatic rings. The molecule has 6 nitrogen and oxygen atoms in total. The number of aryl methyl sites for hydroxylation is 2. The number of carboxylic acids is 1. The van der Waals surface area contributed by atoms with Crippen LogP contribution in [0.1, 0.15) is 44.7 Å². The maximum absolute atomic E-state index is 13.8. The SMILES string of the molecule is Cc1cc(F)cc(C)c1-c1ccnc2cc(OC(C)C(=O)N3CCCC(C(C)(C)C(=O)O)C3)ccc12. The number of halogens is 1. The summed E-state index contributed by atoms with van der Waals surface area (Å²) >= 11 is 0. The van der Waals surface area contributed by atoms with Gasteiger partial charge in [-0.25, -0.2) is 4.39 Å². The number of hydrogen-bond donors (Lipinski definition) is 1. The minimum Gasteiger partial charge on any atom is -0.481 e. The van der Waals surface area contributed by atoms with Gasteiger partial charge in [0.2, 0.25) is 0 Å². The smallest absolute Gasteiger partial charge is 0.309 e. The zero-order valence-corrected chi connectivity index (χ0v) is 21.5. The van der Waals surface area contributed by atoms with Crippen molar-refractivity contribution in [3.05, 3.63) is 59.5 Å². The van der Waals surface area contributed by atoms with E-state index in [1.807, 2.05) is 38.1 Å². The number of pyridine rings is 1. The minimum absolute atomic E-state index is 0.110. The third kappa shape index (κ3) is 4.92. The van der Waals surface area contributed by atoms with Crippen molar-refractivity contribution in [3.8, 4) is 16.9 Å². The molecule has 4 rings (SSSR count). The van der Waals surface area contributed by atoms with E-state index >= 15 is 0 Å². The molecule has 1 aliphatic heterocycles. The molecule has 7 heteroatoms. The van der Waals surface area contributed by atoms with Crippen LogP contribution < -0.4 is 4.74 Å². The number of carbonyl (C=O) groups is 2. The molecule has 0 aliphatic carbocycles. The van der Waals surface area contributed by atoms with E-state index in [2.05, 4.69) is 4.98 Å². The molecule has 2 atom stereocenters. The summed E-state index contributed by atoms with van der Waals surface area (Å²) in [7, 11) is 0. The van der Waals surface area contributed by atoms with Crippen LogP contribution in [-0.4, -0.2) is 46.1 Å². The maximum Gasteiger partial charge on any atom is 0.309 e. The Morgan fingerprint density at radius 2 is 1.86 bits per heavy atom. The Hall–Kier alpha value is -3.48. The second-order valence-corrected chi connectivity index (χ2v) is 10.4. The zero-order valence-electron chi connectivity index (χ0n) is 21.5. The number of aromatic nitrogens is 1. The number of carboxylic acid groups (broad SMARTS) is 1. The summed E-state index contributed by atoms with van der Waals surface area (Å²) in [5.41, 5.74) is 3.47. The molecular weight excluding hydrogens is 459 g/mol. The Kier molecular flexibility index (Phi) is 7.03. The number of hydrogen-bond acceptors (Lipinski definition) is 4. The molecule has 36 heavy (non-hydrogen) atoms. The van der Waals surface area contributed by atoms with Crippen LogP contribution in [0.25, 0.3) is 22.0 Å². The van der Waals surface area contributed by atoms with Gasteiger partial charge in [0.25, 0.3) is 5.91 Å². The Bertz CT molecular complexity index is 1300. The van der Waals surface area contributed by atoms with Crippen molar-refractivity contribution >= 4 is 22.8 Å². The topological polar surface area (TPSA) is 79.7 Å². The molecule has 0 saturated carbocycles. The first-order chi connectivity index (χ1) is 17.0. The quantitative estimate of drug-likeness (QED) is 0.472.